The molecule has 2 amide bonds. The molecule has 0 bridgehead atoms. The van der Waals surface area contributed by atoms with E-state index in [2.05, 4.69) is 15.2 Å². The summed E-state index contributed by atoms with van der Waals surface area (Å²) in [5, 5.41) is 5.72. The molecule has 1 aliphatic heterocycles. The number of ether oxygens (including phenoxy) is 3. The normalized spacial score (nSPS) is 14.1. The number of nitrogens with one attached hydrogen (secondary N) is 1. The average Bonchev–Trinajstić information content (AvgIpc) is 3.31. The molecule has 214 valence electrons. The maximum atomic E-state index is 12.5. The van der Waals surface area contributed by atoms with E-state index in [9.17, 15) is 14.4 Å². The highest BCUT2D eigenvalue weighted by Crippen LogP contribution is 2.33. The summed E-state index contributed by atoms with van der Waals surface area (Å²) in [4.78, 5) is 44.4. The number of halogens is 1. The largest absolute Gasteiger partial charge is 0.492 e. The predicted molar refractivity (Wildman–Crippen MR) is 150 cm³/mol. The molecule has 10 nitrogen and oxygen atoms in total. The fourth-order valence-electron chi connectivity index (χ4n) is 3.89. The number of thiazole rings is 1. The number of alkyl carbamates (subject to hydrolysis) is 1. The van der Waals surface area contributed by atoms with E-state index in [4.69, 9.17) is 25.8 Å². The van der Waals surface area contributed by atoms with Gasteiger partial charge in [0, 0.05) is 56.6 Å². The van der Waals surface area contributed by atoms with Crippen molar-refractivity contribution in [2.75, 3.05) is 52.5 Å². The minimum atomic E-state index is -0.566. The van der Waals surface area contributed by atoms with Crippen LogP contribution in [0.4, 0.5) is 4.79 Å². The van der Waals surface area contributed by atoms with Gasteiger partial charge in [-0.25, -0.2) is 9.78 Å². The summed E-state index contributed by atoms with van der Waals surface area (Å²) in [5.41, 5.74) is 0.874. The summed E-state index contributed by atoms with van der Waals surface area (Å²) in [5.74, 6) is 0.382. The van der Waals surface area contributed by atoms with Gasteiger partial charge in [-0.2, -0.15) is 0 Å². The van der Waals surface area contributed by atoms with E-state index >= 15 is 0 Å². The Morgan fingerprint density at radius 2 is 1.90 bits per heavy atom. The Kier molecular flexibility index (Phi) is 11.4. The lowest BCUT2D eigenvalue weighted by atomic mass is 10.2. The van der Waals surface area contributed by atoms with E-state index in [1.54, 1.807) is 33.8 Å². The molecule has 0 unspecified atom stereocenters. The number of benzene rings is 1. The second-order valence-corrected chi connectivity index (χ2v) is 11.3. The van der Waals surface area contributed by atoms with Gasteiger partial charge in [-0.05, 0) is 45.9 Å². The Morgan fingerprint density at radius 3 is 2.56 bits per heavy atom. The van der Waals surface area contributed by atoms with Crippen molar-refractivity contribution in [1.29, 1.82) is 0 Å². The minimum Gasteiger partial charge on any atom is -0.492 e. The fraction of sp³-hybridized carbons (Fsp3) is 0.556. The van der Waals surface area contributed by atoms with Crippen molar-refractivity contribution in [3.8, 4) is 16.3 Å². The second kappa shape index (κ2) is 14.5. The molecule has 1 aromatic heterocycles. The summed E-state index contributed by atoms with van der Waals surface area (Å²) >= 11 is 7.93. The molecule has 0 saturated carbocycles. The number of carbonyl (C=O) groups is 3. The fourth-order valence-corrected chi connectivity index (χ4v) is 5.06. The number of carbonyl (C=O) groups excluding carboxylic acids is 3. The molecule has 1 aromatic carbocycles. The molecule has 0 spiro atoms. The lowest BCUT2D eigenvalue weighted by molar-refractivity contribution is -0.142. The number of piperazine rings is 1. The van der Waals surface area contributed by atoms with Gasteiger partial charge in [-0.15, -0.1) is 11.3 Å². The van der Waals surface area contributed by atoms with Gasteiger partial charge >= 0.3 is 12.1 Å². The minimum absolute atomic E-state index is 0.0185. The van der Waals surface area contributed by atoms with Gasteiger partial charge in [0.05, 0.1) is 23.7 Å². The molecule has 39 heavy (non-hydrogen) atoms. The van der Waals surface area contributed by atoms with Gasteiger partial charge in [-0.3, -0.25) is 14.5 Å². The Labute approximate surface area is 238 Å². The molecule has 0 atom stereocenters. The van der Waals surface area contributed by atoms with Crippen LogP contribution < -0.4 is 10.1 Å². The Balaban J connectivity index is 1.36. The van der Waals surface area contributed by atoms with Gasteiger partial charge < -0.3 is 24.4 Å². The maximum Gasteiger partial charge on any atom is 0.407 e. The first-order valence-electron chi connectivity index (χ1n) is 13.0. The van der Waals surface area contributed by atoms with Crippen LogP contribution in [0.1, 0.15) is 39.8 Å². The Hall–Kier alpha value is -2.89. The van der Waals surface area contributed by atoms with Gasteiger partial charge in [0.2, 0.25) is 5.91 Å². The summed E-state index contributed by atoms with van der Waals surface area (Å²) in [7, 11) is 0. The lowest BCUT2D eigenvalue weighted by Crippen LogP contribution is -2.50. The quantitative estimate of drug-likeness (QED) is 0.397. The Morgan fingerprint density at radius 1 is 1.15 bits per heavy atom. The van der Waals surface area contributed by atoms with Crippen molar-refractivity contribution in [2.45, 2.75) is 46.1 Å². The van der Waals surface area contributed by atoms with Crippen LogP contribution in [-0.2, 0) is 25.5 Å². The third-order valence-corrected chi connectivity index (χ3v) is 7.00. The van der Waals surface area contributed by atoms with Crippen LogP contribution in [0, 0.1) is 0 Å². The molecule has 0 aliphatic carbocycles. The average molecular weight is 581 g/mol. The van der Waals surface area contributed by atoms with Crippen LogP contribution >= 0.6 is 22.9 Å². The zero-order chi connectivity index (χ0) is 28.4. The smallest absolute Gasteiger partial charge is 0.407 e. The van der Waals surface area contributed by atoms with Crippen molar-refractivity contribution >= 4 is 40.9 Å². The van der Waals surface area contributed by atoms with E-state index in [1.807, 2.05) is 22.4 Å². The van der Waals surface area contributed by atoms with Crippen molar-refractivity contribution in [1.82, 2.24) is 20.1 Å². The van der Waals surface area contributed by atoms with Gasteiger partial charge in [0.25, 0.3) is 0 Å². The number of aromatic nitrogens is 1. The molecule has 0 radical (unpaired) electrons. The van der Waals surface area contributed by atoms with E-state index < -0.39 is 11.7 Å². The number of esters is 1. The van der Waals surface area contributed by atoms with Crippen LogP contribution in [0.5, 0.6) is 5.75 Å². The molecule has 3 rings (SSSR count). The zero-order valence-electron chi connectivity index (χ0n) is 23.0. The standard InChI is InChI=1S/C27H37ClN4O6S/c1-5-36-24(34)16-19-18-39-25(30-19)21-7-6-20(17-22(21)28)37-15-14-31-10-12-32(13-11-31)23(33)8-9-29-26(35)38-27(2,3)4/h6-7,17-18H,5,8-16H2,1-4H3,(H,29,35). The number of amides is 2. The van der Waals surface area contributed by atoms with Gasteiger partial charge in [0.15, 0.2) is 0 Å². The third-order valence-electron chi connectivity index (χ3n) is 5.76. The van der Waals surface area contributed by atoms with Crippen LogP contribution in [-0.4, -0.2) is 90.8 Å². The summed E-state index contributed by atoms with van der Waals surface area (Å²) in [6.07, 6.45) is -0.136. The molecule has 2 aromatic rings. The third kappa shape index (κ3) is 10.3. The SMILES string of the molecule is CCOC(=O)Cc1csc(-c2ccc(OCCN3CCN(C(=O)CCNC(=O)OC(C)(C)C)CC3)cc2Cl)n1. The van der Waals surface area contributed by atoms with Crippen molar-refractivity contribution in [3.05, 3.63) is 34.3 Å². The molecule has 1 aliphatic rings. The number of hydrogen-bond donors (Lipinski definition) is 1. The summed E-state index contributed by atoms with van der Waals surface area (Å²) in [6.45, 7) is 11.8. The zero-order valence-corrected chi connectivity index (χ0v) is 24.5. The molecule has 2 heterocycles. The van der Waals surface area contributed by atoms with E-state index in [0.717, 1.165) is 30.2 Å². The summed E-state index contributed by atoms with van der Waals surface area (Å²) in [6, 6.07) is 5.49. The van der Waals surface area contributed by atoms with Crippen molar-refractivity contribution in [2.24, 2.45) is 0 Å². The summed E-state index contributed by atoms with van der Waals surface area (Å²) < 4.78 is 16.1. The second-order valence-electron chi connectivity index (χ2n) is 10.0. The van der Waals surface area contributed by atoms with Crippen LogP contribution in [0.15, 0.2) is 23.6 Å². The van der Waals surface area contributed by atoms with Crippen molar-refractivity contribution < 1.29 is 28.6 Å². The number of hydrogen-bond acceptors (Lipinski definition) is 9. The highest BCUT2D eigenvalue weighted by Gasteiger charge is 2.22. The highest BCUT2D eigenvalue weighted by molar-refractivity contribution is 7.13. The predicted octanol–water partition coefficient (Wildman–Crippen LogP) is 4.01. The monoisotopic (exact) mass is 580 g/mol. The highest BCUT2D eigenvalue weighted by atomic mass is 35.5. The first kappa shape index (κ1) is 30.6. The molecule has 1 fully saturated rings. The molecule has 1 N–H and O–H groups in total. The van der Waals surface area contributed by atoms with Gasteiger partial charge in [0.1, 0.15) is 23.0 Å². The number of rotatable bonds is 11. The maximum absolute atomic E-state index is 12.5. The topological polar surface area (TPSA) is 110 Å². The Bertz CT molecular complexity index is 1130. The molecular weight excluding hydrogens is 544 g/mol. The lowest BCUT2D eigenvalue weighted by Gasteiger charge is -2.34. The molecule has 12 heteroatoms. The van der Waals surface area contributed by atoms with Crippen LogP contribution in [0.3, 0.4) is 0 Å². The van der Waals surface area contributed by atoms with E-state index in [1.165, 1.54) is 11.3 Å². The first-order valence-corrected chi connectivity index (χ1v) is 14.3. The molecule has 1 saturated heterocycles. The van der Waals surface area contributed by atoms with E-state index in [-0.39, 0.29) is 31.3 Å². The van der Waals surface area contributed by atoms with E-state index in [0.29, 0.717) is 42.8 Å². The number of nitrogens with zero attached hydrogens (tertiary/aromatic N) is 3. The van der Waals surface area contributed by atoms with Gasteiger partial charge in [-0.1, -0.05) is 11.6 Å². The first-order chi connectivity index (χ1) is 18.5. The van der Waals surface area contributed by atoms with Crippen LogP contribution in [0.25, 0.3) is 10.6 Å². The molecular formula is C27H37ClN4O6S. The van der Waals surface area contributed by atoms with Crippen LogP contribution in [0.2, 0.25) is 5.02 Å². The van der Waals surface area contributed by atoms with Crippen molar-refractivity contribution in [3.63, 3.8) is 0 Å².